The molecule has 36 heavy (non-hydrogen) atoms. The maximum absolute atomic E-state index is 9.46. The van der Waals surface area contributed by atoms with Crippen LogP contribution in [0.2, 0.25) is 0 Å². The summed E-state index contributed by atoms with van der Waals surface area (Å²) in [6.07, 6.45) is 5.61. The van der Waals surface area contributed by atoms with E-state index in [2.05, 4.69) is 31.2 Å². The van der Waals surface area contributed by atoms with Crippen LogP contribution in [0.1, 0.15) is 5.56 Å². The zero-order valence-electron chi connectivity index (χ0n) is 20.5. The molecule has 10 nitrogen and oxygen atoms in total. The van der Waals surface area contributed by atoms with Gasteiger partial charge in [-0.05, 0) is 36.8 Å². The van der Waals surface area contributed by atoms with E-state index in [0.717, 1.165) is 60.2 Å². The van der Waals surface area contributed by atoms with Gasteiger partial charge in [-0.25, -0.2) is 15.0 Å². The van der Waals surface area contributed by atoms with Crippen LogP contribution in [0.4, 0.5) is 17.3 Å². The van der Waals surface area contributed by atoms with E-state index in [1.165, 1.54) is 0 Å². The van der Waals surface area contributed by atoms with Crippen molar-refractivity contribution in [2.75, 3.05) is 56.7 Å². The fraction of sp³-hybridized carbons (Fsp3) is 0.346. The Balaban J connectivity index is 1.35. The molecule has 3 N–H and O–H groups in total. The maximum Gasteiger partial charge on any atom is 0.227 e. The summed E-state index contributed by atoms with van der Waals surface area (Å²) in [5.41, 5.74) is 5.35. The Hall–Kier alpha value is -3.73. The Labute approximate surface area is 209 Å². The lowest BCUT2D eigenvalue weighted by atomic mass is 10.2. The van der Waals surface area contributed by atoms with E-state index in [0.29, 0.717) is 11.7 Å². The maximum atomic E-state index is 9.46. The monoisotopic (exact) mass is 489 g/mol. The summed E-state index contributed by atoms with van der Waals surface area (Å²) in [6.45, 7) is 5.07. The first-order chi connectivity index (χ1) is 17.6. The molecule has 10 heteroatoms. The predicted octanol–water partition coefficient (Wildman–Crippen LogP) is 2.33. The number of ether oxygens (including phenoxy) is 1. The number of hydrogen-bond acceptors (Lipinski definition) is 9. The lowest BCUT2D eigenvalue weighted by Gasteiger charge is -2.39. The van der Waals surface area contributed by atoms with Crippen molar-refractivity contribution in [3.8, 4) is 17.1 Å². The Bertz CT molecular complexity index is 1330. The number of imidazole rings is 1. The van der Waals surface area contributed by atoms with E-state index in [4.69, 9.17) is 9.72 Å². The molecule has 0 bridgehead atoms. The highest BCUT2D eigenvalue weighted by Gasteiger charge is 2.23. The van der Waals surface area contributed by atoms with Gasteiger partial charge in [-0.2, -0.15) is 0 Å². The molecular formula is C26H31N7O3. The van der Waals surface area contributed by atoms with Crippen molar-refractivity contribution in [1.29, 1.82) is 0 Å². The van der Waals surface area contributed by atoms with E-state index >= 15 is 0 Å². The predicted molar refractivity (Wildman–Crippen MR) is 139 cm³/mol. The number of fused-ring (bicyclic) bond motifs is 1. The fourth-order valence-corrected chi connectivity index (χ4v) is 4.60. The summed E-state index contributed by atoms with van der Waals surface area (Å²) in [6, 6.07) is 11.7. The van der Waals surface area contributed by atoms with Crippen molar-refractivity contribution in [3.63, 3.8) is 0 Å². The number of pyridine rings is 1. The molecule has 0 aliphatic carbocycles. The summed E-state index contributed by atoms with van der Waals surface area (Å²) in [7, 11) is 1.65. The topological polar surface area (TPSA) is 111 Å². The van der Waals surface area contributed by atoms with E-state index in [-0.39, 0.29) is 19.3 Å². The molecule has 0 amide bonds. The first kappa shape index (κ1) is 24.0. The standard InChI is InChI=1S/C26H31N7O3/c1-18-14-28-26(30-25(18)22-15-27-24-5-3-4-8-33(22)24)29-21-7-6-19(13-23(21)36-2)31-9-11-32(12-10-31)20(16-34)17-35/h3-8,13-15,20,34-35H,9-12,16-17H2,1-2H3,(H,28,29,30). The van der Waals surface area contributed by atoms with Gasteiger partial charge in [0, 0.05) is 50.3 Å². The van der Waals surface area contributed by atoms with Gasteiger partial charge in [0.2, 0.25) is 5.95 Å². The minimum absolute atomic E-state index is 0.0370. The van der Waals surface area contributed by atoms with Gasteiger partial charge in [0.1, 0.15) is 11.4 Å². The van der Waals surface area contributed by atoms with Gasteiger partial charge >= 0.3 is 0 Å². The van der Waals surface area contributed by atoms with E-state index < -0.39 is 0 Å². The number of benzene rings is 1. The summed E-state index contributed by atoms with van der Waals surface area (Å²) in [5.74, 6) is 1.17. The van der Waals surface area contributed by atoms with E-state index in [9.17, 15) is 10.2 Å². The number of aryl methyl sites for hydroxylation is 1. The van der Waals surface area contributed by atoms with Gasteiger partial charge in [0.15, 0.2) is 0 Å². The van der Waals surface area contributed by atoms with Crippen molar-refractivity contribution < 1.29 is 14.9 Å². The summed E-state index contributed by atoms with van der Waals surface area (Å²) >= 11 is 0. The first-order valence-electron chi connectivity index (χ1n) is 12.0. The van der Waals surface area contributed by atoms with Gasteiger partial charge in [-0.15, -0.1) is 0 Å². The number of aliphatic hydroxyl groups is 2. The van der Waals surface area contributed by atoms with Crippen molar-refractivity contribution >= 4 is 23.0 Å². The van der Waals surface area contributed by atoms with Gasteiger partial charge in [0.05, 0.1) is 49.6 Å². The summed E-state index contributed by atoms with van der Waals surface area (Å²) < 4.78 is 7.70. The minimum atomic E-state index is -0.201. The largest absolute Gasteiger partial charge is 0.494 e. The average molecular weight is 490 g/mol. The zero-order chi connectivity index (χ0) is 25.1. The van der Waals surface area contributed by atoms with Crippen LogP contribution in [0.5, 0.6) is 5.75 Å². The number of nitrogens with one attached hydrogen (secondary N) is 1. The second-order valence-corrected chi connectivity index (χ2v) is 8.85. The number of rotatable bonds is 8. The molecule has 4 aromatic rings. The number of piperazine rings is 1. The Morgan fingerprint density at radius 1 is 1.03 bits per heavy atom. The van der Waals surface area contributed by atoms with E-state index in [1.807, 2.05) is 54.0 Å². The third-order valence-electron chi connectivity index (χ3n) is 6.68. The fourth-order valence-electron chi connectivity index (χ4n) is 4.60. The number of nitrogens with zero attached hydrogens (tertiary/aromatic N) is 6. The normalized spacial score (nSPS) is 14.5. The van der Waals surface area contributed by atoms with Gasteiger partial charge in [0.25, 0.3) is 0 Å². The quantitative estimate of drug-likeness (QED) is 0.343. The molecule has 1 saturated heterocycles. The second-order valence-electron chi connectivity index (χ2n) is 8.85. The number of aliphatic hydroxyl groups excluding tert-OH is 2. The van der Waals surface area contributed by atoms with Crippen molar-refractivity contribution in [1.82, 2.24) is 24.3 Å². The molecule has 0 atom stereocenters. The minimum Gasteiger partial charge on any atom is -0.494 e. The van der Waals surface area contributed by atoms with Crippen LogP contribution in [0.15, 0.2) is 55.0 Å². The van der Waals surface area contributed by atoms with Crippen molar-refractivity contribution in [2.45, 2.75) is 13.0 Å². The molecule has 4 heterocycles. The van der Waals surface area contributed by atoms with Crippen LogP contribution in [-0.2, 0) is 0 Å². The smallest absolute Gasteiger partial charge is 0.227 e. The SMILES string of the molecule is COc1cc(N2CCN(C(CO)CO)CC2)ccc1Nc1ncc(C)c(-c2cnc3ccccn23)n1. The van der Waals surface area contributed by atoms with Gasteiger partial charge < -0.3 is 25.2 Å². The molecule has 1 aromatic carbocycles. The third-order valence-corrected chi connectivity index (χ3v) is 6.68. The van der Waals surface area contributed by atoms with Crippen LogP contribution in [0, 0.1) is 6.92 Å². The lowest BCUT2D eigenvalue weighted by Crippen LogP contribution is -2.52. The Morgan fingerprint density at radius 3 is 2.58 bits per heavy atom. The number of methoxy groups -OCH3 is 1. The highest BCUT2D eigenvalue weighted by Crippen LogP contribution is 2.32. The number of hydrogen-bond donors (Lipinski definition) is 3. The molecule has 3 aromatic heterocycles. The third kappa shape index (κ3) is 4.70. The molecule has 1 fully saturated rings. The Morgan fingerprint density at radius 2 is 1.83 bits per heavy atom. The van der Waals surface area contributed by atoms with Crippen molar-refractivity contribution in [3.05, 3.63) is 60.6 Å². The highest BCUT2D eigenvalue weighted by atomic mass is 16.5. The van der Waals surface area contributed by atoms with Crippen LogP contribution in [0.25, 0.3) is 17.0 Å². The zero-order valence-corrected chi connectivity index (χ0v) is 20.5. The Kier molecular flexibility index (Phi) is 6.99. The molecule has 0 unspecified atom stereocenters. The van der Waals surface area contributed by atoms with Gasteiger partial charge in [-0.1, -0.05) is 6.07 Å². The van der Waals surface area contributed by atoms with Gasteiger partial charge in [-0.3, -0.25) is 9.30 Å². The molecule has 188 valence electrons. The lowest BCUT2D eigenvalue weighted by molar-refractivity contribution is 0.0700. The molecule has 0 radical (unpaired) electrons. The highest BCUT2D eigenvalue weighted by molar-refractivity contribution is 5.70. The van der Waals surface area contributed by atoms with Crippen LogP contribution >= 0.6 is 0 Å². The molecular weight excluding hydrogens is 458 g/mol. The summed E-state index contributed by atoms with van der Waals surface area (Å²) in [4.78, 5) is 18.2. The first-order valence-corrected chi connectivity index (χ1v) is 12.0. The second kappa shape index (κ2) is 10.5. The number of anilines is 3. The molecule has 1 aliphatic rings. The number of aromatic nitrogens is 4. The van der Waals surface area contributed by atoms with Crippen LogP contribution in [-0.4, -0.2) is 87.0 Å². The van der Waals surface area contributed by atoms with E-state index in [1.54, 1.807) is 13.3 Å². The molecule has 5 rings (SSSR count). The molecule has 0 spiro atoms. The van der Waals surface area contributed by atoms with Crippen molar-refractivity contribution in [2.24, 2.45) is 0 Å². The van der Waals surface area contributed by atoms with Crippen LogP contribution in [0.3, 0.4) is 0 Å². The molecule has 0 saturated carbocycles. The van der Waals surface area contributed by atoms with Crippen LogP contribution < -0.4 is 15.0 Å². The summed E-state index contributed by atoms with van der Waals surface area (Å²) in [5, 5.41) is 22.2. The average Bonchev–Trinajstić information content (AvgIpc) is 3.35. The molecule has 1 aliphatic heterocycles.